The molecule has 1 rings (SSSR count). The van der Waals surface area contributed by atoms with E-state index in [0.717, 1.165) is 0 Å². The maximum atomic E-state index is 11.8. The van der Waals surface area contributed by atoms with E-state index < -0.39 is 11.4 Å². The predicted molar refractivity (Wildman–Crippen MR) is 62.9 cm³/mol. The van der Waals surface area contributed by atoms with E-state index in [9.17, 15) is 18.0 Å². The normalized spacial score (nSPS) is 11.1. The van der Waals surface area contributed by atoms with Gasteiger partial charge in [0.15, 0.2) is 0 Å². The maximum absolute atomic E-state index is 11.8. The van der Waals surface area contributed by atoms with Gasteiger partial charge in [-0.3, -0.25) is 15.6 Å². The minimum absolute atomic E-state index is 0.0880. The largest absolute Gasteiger partial charge is 0.441 e. The minimum Gasteiger partial charge on any atom is -0.351 e. The topological polar surface area (TPSA) is 80.0 Å². The zero-order chi connectivity index (χ0) is 13.6. The molecule has 0 unspecified atom stereocenters. The standard InChI is InChI=1S/C9H11F3N4OS/c10-9(11,12)18-4-3-15-8(17)6-1-2-14-5-7(6)16-13/h1-2,5,16H,3-4,13H2,(H,15,17). The molecule has 0 aromatic carbocycles. The SMILES string of the molecule is NNc1cnccc1C(=O)NCCSC(F)(F)F. The average Bonchev–Trinajstić information content (AvgIpc) is 2.33. The van der Waals surface area contributed by atoms with Gasteiger partial charge in [-0.15, -0.1) is 0 Å². The second kappa shape index (κ2) is 6.45. The van der Waals surface area contributed by atoms with Gasteiger partial charge in [-0.05, 0) is 17.8 Å². The molecule has 0 aliphatic rings. The van der Waals surface area contributed by atoms with Gasteiger partial charge in [0, 0.05) is 18.5 Å². The summed E-state index contributed by atoms with van der Waals surface area (Å²) in [5.41, 5.74) is -1.47. The van der Waals surface area contributed by atoms with Crippen molar-refractivity contribution in [2.24, 2.45) is 5.84 Å². The van der Waals surface area contributed by atoms with Gasteiger partial charge in [0.2, 0.25) is 0 Å². The zero-order valence-electron chi connectivity index (χ0n) is 9.12. The Balaban J connectivity index is 2.46. The monoisotopic (exact) mass is 280 g/mol. The van der Waals surface area contributed by atoms with Crippen molar-refractivity contribution in [2.75, 3.05) is 17.7 Å². The Morgan fingerprint density at radius 2 is 2.22 bits per heavy atom. The molecule has 0 aliphatic heterocycles. The highest BCUT2D eigenvalue weighted by Gasteiger charge is 2.27. The number of nitrogens with two attached hydrogens (primary N) is 1. The van der Waals surface area contributed by atoms with E-state index in [1.165, 1.54) is 18.5 Å². The number of thioether (sulfide) groups is 1. The maximum Gasteiger partial charge on any atom is 0.441 e. The van der Waals surface area contributed by atoms with Gasteiger partial charge in [0.05, 0.1) is 17.4 Å². The van der Waals surface area contributed by atoms with Crippen LogP contribution < -0.4 is 16.6 Å². The fourth-order valence-corrected chi connectivity index (χ4v) is 1.57. The van der Waals surface area contributed by atoms with Crippen LogP contribution in [0, 0.1) is 0 Å². The Hall–Kier alpha value is -1.48. The molecule has 0 atom stereocenters. The molecular weight excluding hydrogens is 269 g/mol. The molecule has 1 aromatic heterocycles. The molecule has 1 aromatic rings. The Morgan fingerprint density at radius 1 is 1.50 bits per heavy atom. The van der Waals surface area contributed by atoms with E-state index in [4.69, 9.17) is 5.84 Å². The van der Waals surface area contributed by atoms with Gasteiger partial charge in [-0.2, -0.15) is 13.2 Å². The first-order valence-corrected chi connectivity index (χ1v) is 5.82. The fraction of sp³-hybridized carbons (Fsp3) is 0.333. The number of nitrogen functional groups attached to an aromatic ring is 1. The fourth-order valence-electron chi connectivity index (χ4n) is 1.13. The number of nitrogens with one attached hydrogen (secondary N) is 2. The molecule has 0 radical (unpaired) electrons. The van der Waals surface area contributed by atoms with Crippen molar-refractivity contribution in [1.29, 1.82) is 0 Å². The third-order valence-electron chi connectivity index (χ3n) is 1.87. The highest BCUT2D eigenvalue weighted by atomic mass is 32.2. The van der Waals surface area contributed by atoms with Crippen molar-refractivity contribution < 1.29 is 18.0 Å². The van der Waals surface area contributed by atoms with Crippen LogP contribution in [0.15, 0.2) is 18.5 Å². The predicted octanol–water partition coefficient (Wildman–Crippen LogP) is 1.35. The number of hydrogen-bond acceptors (Lipinski definition) is 5. The van der Waals surface area contributed by atoms with Crippen LogP contribution >= 0.6 is 11.8 Å². The first-order valence-electron chi connectivity index (χ1n) is 4.83. The number of rotatable bonds is 5. The van der Waals surface area contributed by atoms with E-state index in [2.05, 4.69) is 15.7 Å². The summed E-state index contributed by atoms with van der Waals surface area (Å²) in [4.78, 5) is 15.4. The summed E-state index contributed by atoms with van der Waals surface area (Å²) in [6.07, 6.45) is 2.74. The summed E-state index contributed by atoms with van der Waals surface area (Å²) in [5, 5.41) is 2.36. The highest BCUT2D eigenvalue weighted by molar-refractivity contribution is 8.00. The van der Waals surface area contributed by atoms with Crippen molar-refractivity contribution in [3.8, 4) is 0 Å². The number of halogens is 3. The second-order valence-corrected chi connectivity index (χ2v) is 4.28. The Morgan fingerprint density at radius 3 is 2.83 bits per heavy atom. The van der Waals surface area contributed by atoms with Gasteiger partial charge in [0.25, 0.3) is 5.91 Å². The summed E-state index contributed by atoms with van der Waals surface area (Å²) >= 11 is -0.187. The third-order valence-corrected chi connectivity index (χ3v) is 2.61. The first kappa shape index (κ1) is 14.6. The molecule has 0 spiro atoms. The number of alkyl halides is 3. The van der Waals surface area contributed by atoms with Crippen LogP contribution in [0.3, 0.4) is 0 Å². The number of nitrogens with zero attached hydrogens (tertiary/aromatic N) is 1. The number of amides is 1. The van der Waals surface area contributed by atoms with Crippen LogP contribution in [-0.2, 0) is 0 Å². The molecule has 4 N–H and O–H groups in total. The number of pyridine rings is 1. The molecular formula is C9H11F3N4OS. The number of hydrazine groups is 1. The van der Waals surface area contributed by atoms with Crippen molar-refractivity contribution in [3.05, 3.63) is 24.0 Å². The van der Waals surface area contributed by atoms with E-state index in [1.807, 2.05) is 0 Å². The molecule has 0 fully saturated rings. The van der Waals surface area contributed by atoms with Crippen LogP contribution in [0.2, 0.25) is 0 Å². The van der Waals surface area contributed by atoms with Crippen LogP contribution in [0.5, 0.6) is 0 Å². The zero-order valence-corrected chi connectivity index (χ0v) is 9.94. The van der Waals surface area contributed by atoms with E-state index in [1.54, 1.807) is 0 Å². The molecule has 1 heterocycles. The highest BCUT2D eigenvalue weighted by Crippen LogP contribution is 2.29. The van der Waals surface area contributed by atoms with Crippen molar-refractivity contribution >= 4 is 23.4 Å². The summed E-state index contributed by atoms with van der Waals surface area (Å²) in [6.45, 7) is -0.0880. The number of carbonyl (C=O) groups excluding carboxylic acids is 1. The summed E-state index contributed by atoms with van der Waals surface area (Å²) in [5.74, 6) is 4.43. The summed E-state index contributed by atoms with van der Waals surface area (Å²) in [6, 6.07) is 1.42. The Bertz CT molecular complexity index is 413. The lowest BCUT2D eigenvalue weighted by molar-refractivity contribution is -0.0327. The van der Waals surface area contributed by atoms with Gasteiger partial charge in [0.1, 0.15) is 0 Å². The number of anilines is 1. The van der Waals surface area contributed by atoms with E-state index in [0.29, 0.717) is 5.69 Å². The molecule has 100 valence electrons. The van der Waals surface area contributed by atoms with Gasteiger partial charge in [-0.25, -0.2) is 0 Å². The summed E-state index contributed by atoms with van der Waals surface area (Å²) < 4.78 is 35.5. The third kappa shape index (κ3) is 4.80. The van der Waals surface area contributed by atoms with Crippen LogP contribution in [0.25, 0.3) is 0 Å². The van der Waals surface area contributed by atoms with E-state index in [-0.39, 0.29) is 29.6 Å². The molecule has 1 amide bonds. The lowest BCUT2D eigenvalue weighted by atomic mass is 10.2. The van der Waals surface area contributed by atoms with Crippen molar-refractivity contribution in [1.82, 2.24) is 10.3 Å². The minimum atomic E-state index is -4.29. The average molecular weight is 280 g/mol. The molecule has 0 saturated heterocycles. The molecule has 5 nitrogen and oxygen atoms in total. The van der Waals surface area contributed by atoms with Crippen LogP contribution in [-0.4, -0.2) is 28.7 Å². The number of hydrogen-bond donors (Lipinski definition) is 3. The first-order chi connectivity index (χ1) is 8.44. The van der Waals surface area contributed by atoms with E-state index >= 15 is 0 Å². The number of aromatic nitrogens is 1. The lowest BCUT2D eigenvalue weighted by Gasteiger charge is -2.09. The summed E-state index contributed by atoms with van der Waals surface area (Å²) in [7, 11) is 0. The molecule has 0 bridgehead atoms. The smallest absolute Gasteiger partial charge is 0.351 e. The van der Waals surface area contributed by atoms with Gasteiger partial charge < -0.3 is 10.7 Å². The second-order valence-electron chi connectivity index (χ2n) is 3.12. The van der Waals surface area contributed by atoms with Crippen molar-refractivity contribution in [2.45, 2.75) is 5.51 Å². The Labute approximate surface area is 105 Å². The molecule has 0 saturated carbocycles. The Kier molecular flexibility index (Phi) is 5.23. The van der Waals surface area contributed by atoms with Gasteiger partial charge >= 0.3 is 5.51 Å². The van der Waals surface area contributed by atoms with Crippen molar-refractivity contribution in [3.63, 3.8) is 0 Å². The number of carbonyl (C=O) groups is 1. The quantitative estimate of drug-likeness (QED) is 0.431. The van der Waals surface area contributed by atoms with Crippen LogP contribution in [0.4, 0.5) is 18.9 Å². The molecule has 18 heavy (non-hydrogen) atoms. The molecule has 9 heteroatoms. The lowest BCUT2D eigenvalue weighted by Crippen LogP contribution is -2.28. The van der Waals surface area contributed by atoms with Gasteiger partial charge in [-0.1, -0.05) is 0 Å². The molecule has 0 aliphatic carbocycles. The van der Waals surface area contributed by atoms with Crippen LogP contribution in [0.1, 0.15) is 10.4 Å².